The molecule has 1 saturated heterocycles. The summed E-state index contributed by atoms with van der Waals surface area (Å²) in [4.78, 5) is 21.0. The zero-order valence-electron chi connectivity index (χ0n) is 13.7. The van der Waals surface area contributed by atoms with Gasteiger partial charge in [0.05, 0.1) is 17.1 Å². The Kier molecular flexibility index (Phi) is 5.48. The molecule has 24 heavy (non-hydrogen) atoms. The maximum Gasteiger partial charge on any atom is 0.255 e. The summed E-state index contributed by atoms with van der Waals surface area (Å²) in [7, 11) is 0. The molecule has 1 aromatic carbocycles. The summed E-state index contributed by atoms with van der Waals surface area (Å²) in [5.74, 6) is 1.40. The van der Waals surface area contributed by atoms with Crippen LogP contribution >= 0.6 is 11.6 Å². The van der Waals surface area contributed by atoms with Crippen molar-refractivity contribution in [3.8, 4) is 0 Å². The molecule has 0 radical (unpaired) electrons. The fourth-order valence-corrected chi connectivity index (χ4v) is 3.00. The number of rotatable bonds is 5. The Hall–Kier alpha value is -1.92. The van der Waals surface area contributed by atoms with Gasteiger partial charge in [-0.25, -0.2) is 0 Å². The molecule has 0 unspecified atom stereocenters. The monoisotopic (exact) mass is 348 g/mol. The first-order chi connectivity index (χ1) is 11.7. The maximum absolute atomic E-state index is 12.5. The number of aromatic nitrogens is 2. The van der Waals surface area contributed by atoms with Gasteiger partial charge in [0.2, 0.25) is 5.89 Å². The van der Waals surface area contributed by atoms with Gasteiger partial charge in [-0.3, -0.25) is 9.69 Å². The van der Waals surface area contributed by atoms with Crippen LogP contribution in [0.2, 0.25) is 5.02 Å². The van der Waals surface area contributed by atoms with E-state index in [0.717, 1.165) is 31.8 Å². The zero-order chi connectivity index (χ0) is 16.9. The lowest BCUT2D eigenvalue weighted by atomic mass is 10.2. The van der Waals surface area contributed by atoms with Crippen molar-refractivity contribution in [2.45, 2.75) is 26.3 Å². The Morgan fingerprint density at radius 1 is 1.25 bits per heavy atom. The van der Waals surface area contributed by atoms with Gasteiger partial charge in [-0.05, 0) is 18.6 Å². The summed E-state index contributed by atoms with van der Waals surface area (Å²) in [6, 6.07) is 7.17. The molecule has 0 saturated carbocycles. The van der Waals surface area contributed by atoms with Crippen LogP contribution in [0.5, 0.6) is 0 Å². The van der Waals surface area contributed by atoms with E-state index in [2.05, 4.69) is 22.0 Å². The van der Waals surface area contributed by atoms with Crippen LogP contribution in [0.1, 0.15) is 35.4 Å². The number of benzene rings is 1. The number of hydrogen-bond acceptors (Lipinski definition) is 5. The van der Waals surface area contributed by atoms with Crippen LogP contribution < -0.4 is 0 Å². The Morgan fingerprint density at radius 3 is 2.71 bits per heavy atom. The highest BCUT2D eigenvalue weighted by Gasteiger charge is 2.24. The van der Waals surface area contributed by atoms with Gasteiger partial charge in [-0.1, -0.05) is 35.8 Å². The van der Waals surface area contributed by atoms with Gasteiger partial charge >= 0.3 is 0 Å². The molecular formula is C17H21ClN4O2. The Balaban J connectivity index is 1.53. The van der Waals surface area contributed by atoms with Crippen molar-refractivity contribution in [3.63, 3.8) is 0 Å². The predicted octanol–water partition coefficient (Wildman–Crippen LogP) is 2.63. The third kappa shape index (κ3) is 3.94. The van der Waals surface area contributed by atoms with Gasteiger partial charge < -0.3 is 9.42 Å². The van der Waals surface area contributed by atoms with E-state index in [0.29, 0.717) is 36.1 Å². The van der Waals surface area contributed by atoms with Gasteiger partial charge in [0.15, 0.2) is 5.82 Å². The Bertz CT molecular complexity index is 695. The molecule has 6 nitrogen and oxygen atoms in total. The molecule has 1 aliphatic rings. The third-order valence-corrected chi connectivity index (χ3v) is 4.44. The van der Waals surface area contributed by atoms with Crippen molar-refractivity contribution in [3.05, 3.63) is 46.6 Å². The molecule has 2 heterocycles. The predicted molar refractivity (Wildman–Crippen MR) is 90.9 cm³/mol. The van der Waals surface area contributed by atoms with Crippen molar-refractivity contribution in [2.24, 2.45) is 0 Å². The van der Waals surface area contributed by atoms with Gasteiger partial charge in [-0.2, -0.15) is 4.98 Å². The first kappa shape index (κ1) is 16.9. The number of carbonyl (C=O) groups is 1. The third-order valence-electron chi connectivity index (χ3n) is 4.11. The lowest BCUT2D eigenvalue weighted by Crippen LogP contribution is -2.48. The van der Waals surface area contributed by atoms with Crippen molar-refractivity contribution in [1.82, 2.24) is 19.9 Å². The van der Waals surface area contributed by atoms with E-state index in [4.69, 9.17) is 16.1 Å². The van der Waals surface area contributed by atoms with E-state index in [9.17, 15) is 4.79 Å². The number of nitrogens with zero attached hydrogens (tertiary/aromatic N) is 4. The largest absolute Gasteiger partial charge is 0.338 e. The second-order valence-corrected chi connectivity index (χ2v) is 6.31. The minimum Gasteiger partial charge on any atom is -0.338 e. The molecule has 1 fully saturated rings. The highest BCUT2D eigenvalue weighted by Crippen LogP contribution is 2.18. The number of carbonyl (C=O) groups excluding carboxylic acids is 1. The number of halogens is 1. The molecule has 1 amide bonds. The lowest BCUT2D eigenvalue weighted by Gasteiger charge is -2.34. The van der Waals surface area contributed by atoms with Crippen molar-refractivity contribution in [2.75, 3.05) is 26.2 Å². The fraction of sp³-hybridized carbons (Fsp3) is 0.471. The smallest absolute Gasteiger partial charge is 0.255 e. The Labute approximate surface area is 146 Å². The molecule has 0 bridgehead atoms. The molecule has 0 atom stereocenters. The van der Waals surface area contributed by atoms with Crippen LogP contribution in [0.3, 0.4) is 0 Å². The molecule has 7 heteroatoms. The van der Waals surface area contributed by atoms with E-state index < -0.39 is 0 Å². The molecule has 2 aromatic rings. The normalized spacial score (nSPS) is 15.7. The van der Waals surface area contributed by atoms with Gasteiger partial charge in [0.1, 0.15) is 0 Å². The van der Waals surface area contributed by atoms with Gasteiger partial charge in [0.25, 0.3) is 5.91 Å². The van der Waals surface area contributed by atoms with Gasteiger partial charge in [-0.15, -0.1) is 0 Å². The zero-order valence-corrected chi connectivity index (χ0v) is 14.5. The molecule has 0 spiro atoms. The first-order valence-electron chi connectivity index (χ1n) is 8.25. The number of amides is 1. The van der Waals surface area contributed by atoms with E-state index in [-0.39, 0.29) is 5.91 Å². The first-order valence-corrected chi connectivity index (χ1v) is 8.62. The van der Waals surface area contributed by atoms with Crippen LogP contribution in [0.4, 0.5) is 0 Å². The SMILES string of the molecule is CCCc1noc(CN2CCN(C(=O)c3ccccc3Cl)CC2)n1. The number of piperazine rings is 1. The molecule has 0 aliphatic carbocycles. The van der Waals surface area contributed by atoms with Crippen LogP contribution in [-0.4, -0.2) is 52.0 Å². The minimum absolute atomic E-state index is 0.0109. The fourth-order valence-electron chi connectivity index (χ4n) is 2.78. The van der Waals surface area contributed by atoms with Crippen LogP contribution in [0.15, 0.2) is 28.8 Å². The maximum atomic E-state index is 12.5. The van der Waals surface area contributed by atoms with E-state index in [1.165, 1.54) is 0 Å². The second-order valence-electron chi connectivity index (χ2n) is 5.90. The van der Waals surface area contributed by atoms with E-state index in [1.807, 2.05) is 17.0 Å². The summed E-state index contributed by atoms with van der Waals surface area (Å²) in [6.07, 6.45) is 1.84. The molecular weight excluding hydrogens is 328 g/mol. The van der Waals surface area contributed by atoms with Crippen LogP contribution in [0, 0.1) is 0 Å². The lowest BCUT2D eigenvalue weighted by molar-refractivity contribution is 0.0615. The Morgan fingerprint density at radius 2 is 2.00 bits per heavy atom. The average Bonchev–Trinajstić information content (AvgIpc) is 3.03. The number of aryl methyl sites for hydroxylation is 1. The van der Waals surface area contributed by atoms with Crippen LogP contribution in [-0.2, 0) is 13.0 Å². The van der Waals surface area contributed by atoms with E-state index in [1.54, 1.807) is 12.1 Å². The number of hydrogen-bond donors (Lipinski definition) is 0. The standard InChI is InChI=1S/C17H21ClN4O2/c1-2-5-15-19-16(24-20-15)12-21-8-10-22(11-9-21)17(23)13-6-3-4-7-14(13)18/h3-4,6-7H,2,5,8-12H2,1H3. The molecule has 1 aromatic heterocycles. The summed E-state index contributed by atoms with van der Waals surface area (Å²) >= 11 is 6.12. The summed E-state index contributed by atoms with van der Waals surface area (Å²) in [5.41, 5.74) is 0.564. The quantitative estimate of drug-likeness (QED) is 0.831. The van der Waals surface area contributed by atoms with Crippen molar-refractivity contribution in [1.29, 1.82) is 0 Å². The minimum atomic E-state index is -0.0109. The van der Waals surface area contributed by atoms with Crippen LogP contribution in [0.25, 0.3) is 0 Å². The summed E-state index contributed by atoms with van der Waals surface area (Å²) in [6.45, 7) is 5.61. The van der Waals surface area contributed by atoms with E-state index >= 15 is 0 Å². The highest BCUT2D eigenvalue weighted by molar-refractivity contribution is 6.33. The highest BCUT2D eigenvalue weighted by atomic mass is 35.5. The second kappa shape index (κ2) is 7.77. The summed E-state index contributed by atoms with van der Waals surface area (Å²) < 4.78 is 5.28. The topological polar surface area (TPSA) is 62.5 Å². The van der Waals surface area contributed by atoms with Gasteiger partial charge in [0, 0.05) is 32.6 Å². The molecule has 128 valence electrons. The molecule has 3 rings (SSSR count). The van der Waals surface area contributed by atoms with Crippen molar-refractivity contribution < 1.29 is 9.32 Å². The molecule has 0 N–H and O–H groups in total. The summed E-state index contributed by atoms with van der Waals surface area (Å²) in [5, 5.41) is 4.47. The molecule has 1 aliphatic heterocycles. The average molecular weight is 349 g/mol. The van der Waals surface area contributed by atoms with Crippen molar-refractivity contribution >= 4 is 17.5 Å².